The lowest BCUT2D eigenvalue weighted by Crippen LogP contribution is -2.27. The van der Waals surface area contributed by atoms with Crippen LogP contribution in [-0.2, 0) is 4.74 Å². The molecule has 0 N–H and O–H groups in total. The minimum atomic E-state index is -0.705. The number of hydrogen-bond acceptors (Lipinski definition) is 1. The molecule has 1 aliphatic rings. The highest BCUT2D eigenvalue weighted by atomic mass is 19.1. The maximum absolute atomic E-state index is 12.7. The van der Waals surface area contributed by atoms with Gasteiger partial charge in [0.15, 0.2) is 0 Å². The first-order chi connectivity index (χ1) is 4.34. The molecule has 0 aromatic rings. The molecular weight excluding hydrogens is 119 g/mol. The van der Waals surface area contributed by atoms with Gasteiger partial charge in [0, 0.05) is 7.11 Å². The maximum Gasteiger partial charge on any atom is 0.126 e. The lowest BCUT2D eigenvalue weighted by atomic mass is 9.96. The van der Waals surface area contributed by atoms with Crippen LogP contribution < -0.4 is 0 Å². The third-order valence-corrected chi connectivity index (χ3v) is 1.92. The van der Waals surface area contributed by atoms with Gasteiger partial charge in [0.2, 0.25) is 0 Å². The van der Waals surface area contributed by atoms with E-state index in [0.717, 1.165) is 19.3 Å². The van der Waals surface area contributed by atoms with Gasteiger partial charge in [0.1, 0.15) is 6.17 Å². The minimum absolute atomic E-state index is 0.112. The zero-order chi connectivity index (χ0) is 6.69. The van der Waals surface area contributed by atoms with Crippen molar-refractivity contribution in [2.24, 2.45) is 0 Å². The molecule has 9 heavy (non-hydrogen) atoms. The molecule has 0 aliphatic heterocycles. The standard InChI is InChI=1S/C7H13FO/c1-9-7-5-3-2-4-6(7)8/h6-7H,2-5H2,1H3. The topological polar surface area (TPSA) is 9.23 Å². The second-order valence-corrected chi connectivity index (χ2v) is 2.57. The lowest BCUT2D eigenvalue weighted by molar-refractivity contribution is 0.00586. The van der Waals surface area contributed by atoms with Crippen LogP contribution in [-0.4, -0.2) is 19.4 Å². The van der Waals surface area contributed by atoms with Crippen molar-refractivity contribution in [2.75, 3.05) is 7.11 Å². The molecule has 0 bridgehead atoms. The van der Waals surface area contributed by atoms with Crippen LogP contribution >= 0.6 is 0 Å². The lowest BCUT2D eigenvalue weighted by Gasteiger charge is -2.23. The molecule has 1 saturated carbocycles. The van der Waals surface area contributed by atoms with Crippen LogP contribution in [0, 0.1) is 0 Å². The largest absolute Gasteiger partial charge is 0.378 e. The Morgan fingerprint density at radius 3 is 2.44 bits per heavy atom. The predicted molar refractivity (Wildman–Crippen MR) is 34.2 cm³/mol. The number of ether oxygens (including phenoxy) is 1. The molecule has 1 rings (SSSR count). The fraction of sp³-hybridized carbons (Fsp3) is 1.00. The Balaban J connectivity index is 2.30. The molecular formula is C7H13FO. The van der Waals surface area contributed by atoms with Crippen molar-refractivity contribution in [3.05, 3.63) is 0 Å². The van der Waals surface area contributed by atoms with Gasteiger partial charge in [0.05, 0.1) is 6.10 Å². The van der Waals surface area contributed by atoms with Crippen molar-refractivity contribution >= 4 is 0 Å². The fourth-order valence-electron chi connectivity index (χ4n) is 1.32. The second kappa shape index (κ2) is 3.16. The summed E-state index contributed by atoms with van der Waals surface area (Å²) in [4.78, 5) is 0. The quantitative estimate of drug-likeness (QED) is 0.529. The first-order valence-electron chi connectivity index (χ1n) is 3.51. The van der Waals surface area contributed by atoms with Crippen LogP contribution in [0.25, 0.3) is 0 Å². The monoisotopic (exact) mass is 132 g/mol. The van der Waals surface area contributed by atoms with E-state index in [1.807, 2.05) is 0 Å². The van der Waals surface area contributed by atoms with Crippen LogP contribution in [0.3, 0.4) is 0 Å². The molecule has 0 amide bonds. The van der Waals surface area contributed by atoms with E-state index in [2.05, 4.69) is 0 Å². The van der Waals surface area contributed by atoms with Gasteiger partial charge in [-0.2, -0.15) is 0 Å². The third-order valence-electron chi connectivity index (χ3n) is 1.92. The molecule has 1 fully saturated rings. The van der Waals surface area contributed by atoms with Crippen molar-refractivity contribution < 1.29 is 9.13 Å². The number of methoxy groups -OCH3 is 1. The van der Waals surface area contributed by atoms with Gasteiger partial charge in [-0.25, -0.2) is 4.39 Å². The molecule has 1 aliphatic carbocycles. The molecule has 0 spiro atoms. The third kappa shape index (κ3) is 1.65. The molecule has 0 radical (unpaired) electrons. The van der Waals surface area contributed by atoms with Crippen molar-refractivity contribution in [3.63, 3.8) is 0 Å². The van der Waals surface area contributed by atoms with Gasteiger partial charge >= 0.3 is 0 Å². The molecule has 0 aromatic heterocycles. The summed E-state index contributed by atoms with van der Waals surface area (Å²) in [5.74, 6) is 0. The Hall–Kier alpha value is -0.110. The average Bonchev–Trinajstić information content (AvgIpc) is 1.89. The first kappa shape index (κ1) is 7.00. The second-order valence-electron chi connectivity index (χ2n) is 2.57. The summed E-state index contributed by atoms with van der Waals surface area (Å²) >= 11 is 0. The van der Waals surface area contributed by atoms with Gasteiger partial charge < -0.3 is 4.74 Å². The summed E-state index contributed by atoms with van der Waals surface area (Å²) in [6, 6.07) is 0. The van der Waals surface area contributed by atoms with E-state index in [-0.39, 0.29) is 6.10 Å². The van der Waals surface area contributed by atoms with E-state index in [1.54, 1.807) is 7.11 Å². The summed E-state index contributed by atoms with van der Waals surface area (Å²) in [5, 5.41) is 0. The Labute approximate surface area is 55.2 Å². The van der Waals surface area contributed by atoms with E-state index in [0.29, 0.717) is 6.42 Å². The van der Waals surface area contributed by atoms with Crippen molar-refractivity contribution in [3.8, 4) is 0 Å². The van der Waals surface area contributed by atoms with Crippen LogP contribution in [0.4, 0.5) is 4.39 Å². The zero-order valence-corrected chi connectivity index (χ0v) is 5.77. The van der Waals surface area contributed by atoms with Crippen molar-refractivity contribution in [1.29, 1.82) is 0 Å². The van der Waals surface area contributed by atoms with Crippen molar-refractivity contribution in [2.45, 2.75) is 38.0 Å². The highest BCUT2D eigenvalue weighted by Crippen LogP contribution is 2.22. The van der Waals surface area contributed by atoms with Crippen molar-refractivity contribution in [1.82, 2.24) is 0 Å². The first-order valence-corrected chi connectivity index (χ1v) is 3.51. The fourth-order valence-corrected chi connectivity index (χ4v) is 1.32. The number of halogens is 1. The Morgan fingerprint density at radius 1 is 1.33 bits per heavy atom. The van der Waals surface area contributed by atoms with Gasteiger partial charge in [0.25, 0.3) is 0 Å². The Bertz CT molecular complexity index is 85.0. The number of alkyl halides is 1. The van der Waals surface area contributed by atoms with Gasteiger partial charge in [-0.15, -0.1) is 0 Å². The zero-order valence-electron chi connectivity index (χ0n) is 5.77. The highest BCUT2D eigenvalue weighted by molar-refractivity contribution is 4.74. The number of rotatable bonds is 1. The summed E-state index contributed by atoms with van der Waals surface area (Å²) in [5.41, 5.74) is 0. The van der Waals surface area contributed by atoms with Gasteiger partial charge in [-0.3, -0.25) is 0 Å². The van der Waals surface area contributed by atoms with E-state index in [9.17, 15) is 4.39 Å². The van der Waals surface area contributed by atoms with E-state index >= 15 is 0 Å². The summed E-state index contributed by atoms with van der Waals surface area (Å²) in [6.07, 6.45) is 2.93. The van der Waals surface area contributed by atoms with E-state index in [4.69, 9.17) is 4.74 Å². The Morgan fingerprint density at radius 2 is 2.00 bits per heavy atom. The summed E-state index contributed by atoms with van der Waals surface area (Å²) < 4.78 is 17.7. The average molecular weight is 132 g/mol. The van der Waals surface area contributed by atoms with Gasteiger partial charge in [-0.1, -0.05) is 12.8 Å². The molecule has 1 nitrogen and oxygen atoms in total. The smallest absolute Gasteiger partial charge is 0.126 e. The van der Waals surface area contributed by atoms with Crippen LogP contribution in [0.2, 0.25) is 0 Å². The SMILES string of the molecule is COC1CCCCC1F. The molecule has 2 atom stereocenters. The van der Waals surface area contributed by atoms with E-state index in [1.165, 1.54) is 0 Å². The number of hydrogen-bond donors (Lipinski definition) is 0. The van der Waals surface area contributed by atoms with Gasteiger partial charge in [-0.05, 0) is 12.8 Å². The van der Waals surface area contributed by atoms with Crippen LogP contribution in [0.15, 0.2) is 0 Å². The summed E-state index contributed by atoms with van der Waals surface area (Å²) in [7, 11) is 1.59. The van der Waals surface area contributed by atoms with Crippen LogP contribution in [0.5, 0.6) is 0 Å². The molecule has 0 heterocycles. The predicted octanol–water partition coefficient (Wildman–Crippen LogP) is 1.91. The molecule has 0 saturated heterocycles. The minimum Gasteiger partial charge on any atom is -0.378 e. The Kier molecular flexibility index (Phi) is 2.46. The highest BCUT2D eigenvalue weighted by Gasteiger charge is 2.23. The normalized spacial score (nSPS) is 36.7. The maximum atomic E-state index is 12.7. The molecule has 2 heteroatoms. The summed E-state index contributed by atoms with van der Waals surface area (Å²) in [6.45, 7) is 0. The molecule has 54 valence electrons. The molecule has 2 unspecified atom stereocenters. The van der Waals surface area contributed by atoms with E-state index < -0.39 is 6.17 Å². The molecule has 0 aromatic carbocycles. The van der Waals surface area contributed by atoms with Crippen LogP contribution in [0.1, 0.15) is 25.7 Å².